The number of benzene rings is 1. The lowest BCUT2D eigenvalue weighted by Crippen LogP contribution is -2.48. The van der Waals surface area contributed by atoms with E-state index in [1.54, 1.807) is 0 Å². The van der Waals surface area contributed by atoms with Crippen molar-refractivity contribution in [3.63, 3.8) is 0 Å². The number of carbonyl (C=O) groups excluding carboxylic acids is 1. The number of nitrogens with zero attached hydrogens (tertiary/aromatic N) is 1. The van der Waals surface area contributed by atoms with E-state index in [1.165, 1.54) is 56.9 Å². The molecule has 0 bridgehead atoms. The van der Waals surface area contributed by atoms with E-state index in [0.29, 0.717) is 11.8 Å². The summed E-state index contributed by atoms with van der Waals surface area (Å²) in [5.41, 5.74) is 1.41. The number of likely N-dealkylation sites (tertiary alicyclic amines) is 1. The SMILES string of the molecule is CCC(c1ccccc1)C1CN(C=O)C1.CCCCCCCCCC. The summed E-state index contributed by atoms with van der Waals surface area (Å²) in [6, 6.07) is 10.6. The smallest absolute Gasteiger partial charge is 0.209 e. The zero-order chi connectivity index (χ0) is 18.3. The van der Waals surface area contributed by atoms with Gasteiger partial charge in [-0.25, -0.2) is 0 Å². The summed E-state index contributed by atoms with van der Waals surface area (Å²) in [7, 11) is 0. The molecule has 0 saturated carbocycles. The van der Waals surface area contributed by atoms with Crippen LogP contribution in [0, 0.1) is 5.92 Å². The Labute approximate surface area is 156 Å². The molecule has 0 radical (unpaired) electrons. The van der Waals surface area contributed by atoms with Gasteiger partial charge in [-0.15, -0.1) is 0 Å². The predicted molar refractivity (Wildman–Crippen MR) is 109 cm³/mol. The molecule has 1 saturated heterocycles. The van der Waals surface area contributed by atoms with Crippen molar-refractivity contribution in [2.24, 2.45) is 5.92 Å². The summed E-state index contributed by atoms with van der Waals surface area (Å²) in [5.74, 6) is 1.27. The third kappa shape index (κ3) is 8.56. The Morgan fingerprint density at radius 2 is 1.44 bits per heavy atom. The Morgan fingerprint density at radius 1 is 0.920 bits per heavy atom. The summed E-state index contributed by atoms with van der Waals surface area (Å²) in [4.78, 5) is 12.3. The van der Waals surface area contributed by atoms with Gasteiger partial charge >= 0.3 is 0 Å². The minimum absolute atomic E-state index is 0.613. The predicted octanol–water partition coefficient (Wildman–Crippen LogP) is 6.42. The van der Waals surface area contributed by atoms with Crippen LogP contribution in [-0.4, -0.2) is 24.4 Å². The fourth-order valence-electron chi connectivity index (χ4n) is 3.64. The first-order valence-electron chi connectivity index (χ1n) is 10.5. The van der Waals surface area contributed by atoms with Crippen LogP contribution in [0.4, 0.5) is 0 Å². The molecule has 1 aliphatic rings. The van der Waals surface area contributed by atoms with Crippen molar-refractivity contribution in [1.29, 1.82) is 0 Å². The number of hydrogen-bond donors (Lipinski definition) is 0. The van der Waals surface area contributed by atoms with Crippen molar-refractivity contribution in [3.8, 4) is 0 Å². The molecule has 1 atom stereocenters. The van der Waals surface area contributed by atoms with Gasteiger partial charge in [-0.1, -0.05) is 102 Å². The molecule has 25 heavy (non-hydrogen) atoms. The highest BCUT2D eigenvalue weighted by molar-refractivity contribution is 5.49. The van der Waals surface area contributed by atoms with Crippen molar-refractivity contribution in [2.45, 2.75) is 84.5 Å². The molecule has 1 aromatic carbocycles. The van der Waals surface area contributed by atoms with Crippen LogP contribution >= 0.6 is 0 Å². The molecule has 1 unspecified atom stereocenters. The second-order valence-electron chi connectivity index (χ2n) is 7.37. The van der Waals surface area contributed by atoms with Gasteiger partial charge in [0, 0.05) is 19.0 Å². The maximum atomic E-state index is 10.5. The fraction of sp³-hybridized carbons (Fsp3) is 0.696. The average molecular weight is 346 g/mol. The molecule has 1 fully saturated rings. The third-order valence-electron chi connectivity index (χ3n) is 5.28. The molecular weight excluding hydrogens is 306 g/mol. The molecule has 1 aliphatic heterocycles. The Morgan fingerprint density at radius 3 is 1.88 bits per heavy atom. The van der Waals surface area contributed by atoms with Crippen molar-refractivity contribution >= 4 is 6.41 Å². The van der Waals surface area contributed by atoms with E-state index < -0.39 is 0 Å². The van der Waals surface area contributed by atoms with E-state index in [9.17, 15) is 4.79 Å². The van der Waals surface area contributed by atoms with Crippen LogP contribution in [0.5, 0.6) is 0 Å². The van der Waals surface area contributed by atoms with Crippen LogP contribution in [0.2, 0.25) is 0 Å². The molecule has 1 amide bonds. The van der Waals surface area contributed by atoms with Gasteiger partial charge in [-0.3, -0.25) is 4.79 Å². The quantitative estimate of drug-likeness (QED) is 0.335. The second kappa shape index (κ2) is 13.9. The molecule has 0 spiro atoms. The van der Waals surface area contributed by atoms with Crippen LogP contribution in [0.3, 0.4) is 0 Å². The molecule has 2 heteroatoms. The summed E-state index contributed by atoms with van der Waals surface area (Å²) >= 11 is 0. The molecule has 0 aliphatic carbocycles. The van der Waals surface area contributed by atoms with Crippen molar-refractivity contribution < 1.29 is 4.79 Å². The molecule has 2 nitrogen and oxygen atoms in total. The Bertz CT molecular complexity index is 417. The van der Waals surface area contributed by atoms with Crippen LogP contribution in [0.25, 0.3) is 0 Å². The van der Waals surface area contributed by atoms with Crippen LogP contribution < -0.4 is 0 Å². The van der Waals surface area contributed by atoms with E-state index in [-0.39, 0.29) is 0 Å². The lowest BCUT2D eigenvalue weighted by Gasteiger charge is -2.41. The molecule has 2 rings (SSSR count). The van der Waals surface area contributed by atoms with Gasteiger partial charge in [-0.2, -0.15) is 0 Å². The van der Waals surface area contributed by atoms with E-state index >= 15 is 0 Å². The highest BCUT2D eigenvalue weighted by Gasteiger charge is 2.32. The standard InChI is InChI=1S/C13H17NO.C10H22/c1-2-13(11-6-4-3-5-7-11)12-8-14(9-12)10-15;1-3-5-7-9-10-8-6-4-2/h3-7,10,12-13H,2,8-9H2,1H3;3-10H2,1-2H3. The number of unbranched alkanes of at least 4 members (excludes halogenated alkanes) is 7. The monoisotopic (exact) mass is 345 g/mol. The van der Waals surface area contributed by atoms with Crippen molar-refractivity contribution in [3.05, 3.63) is 35.9 Å². The largest absolute Gasteiger partial charge is 0.345 e. The number of rotatable bonds is 11. The Kier molecular flexibility index (Phi) is 12.1. The number of carbonyl (C=O) groups is 1. The molecule has 0 N–H and O–H groups in total. The topological polar surface area (TPSA) is 20.3 Å². The van der Waals surface area contributed by atoms with Crippen molar-refractivity contribution in [2.75, 3.05) is 13.1 Å². The van der Waals surface area contributed by atoms with E-state index in [1.807, 2.05) is 4.90 Å². The highest BCUT2D eigenvalue weighted by Crippen LogP contribution is 2.33. The van der Waals surface area contributed by atoms with E-state index in [0.717, 1.165) is 25.9 Å². The maximum Gasteiger partial charge on any atom is 0.209 e. The van der Waals surface area contributed by atoms with Gasteiger partial charge in [0.15, 0.2) is 0 Å². The molecule has 142 valence electrons. The summed E-state index contributed by atoms with van der Waals surface area (Å²) in [5, 5.41) is 0. The van der Waals surface area contributed by atoms with Crippen LogP contribution in [0.15, 0.2) is 30.3 Å². The Balaban J connectivity index is 0.000000275. The summed E-state index contributed by atoms with van der Waals surface area (Å²) in [6.45, 7) is 8.62. The Hall–Kier alpha value is -1.31. The number of amides is 1. The second-order valence-corrected chi connectivity index (χ2v) is 7.37. The minimum Gasteiger partial charge on any atom is -0.345 e. The van der Waals surface area contributed by atoms with E-state index in [4.69, 9.17) is 0 Å². The molecule has 1 aromatic rings. The highest BCUT2D eigenvalue weighted by atomic mass is 16.1. The summed E-state index contributed by atoms with van der Waals surface area (Å²) in [6.07, 6.45) is 13.6. The zero-order valence-electron chi connectivity index (χ0n) is 16.8. The number of hydrogen-bond acceptors (Lipinski definition) is 1. The van der Waals surface area contributed by atoms with Gasteiger partial charge in [0.25, 0.3) is 0 Å². The van der Waals surface area contributed by atoms with Gasteiger partial charge < -0.3 is 4.90 Å². The van der Waals surface area contributed by atoms with Gasteiger partial charge in [0.05, 0.1) is 0 Å². The molecular formula is C23H39NO. The zero-order valence-corrected chi connectivity index (χ0v) is 16.8. The average Bonchev–Trinajstić information content (AvgIpc) is 2.62. The minimum atomic E-state index is 0.613. The van der Waals surface area contributed by atoms with Crippen molar-refractivity contribution in [1.82, 2.24) is 4.90 Å². The molecule has 0 aromatic heterocycles. The first-order chi connectivity index (χ1) is 12.3. The van der Waals surface area contributed by atoms with Gasteiger partial charge in [0.1, 0.15) is 0 Å². The first kappa shape index (κ1) is 21.7. The van der Waals surface area contributed by atoms with Gasteiger partial charge in [0.2, 0.25) is 6.41 Å². The van der Waals surface area contributed by atoms with Crippen LogP contribution in [0.1, 0.15) is 90.0 Å². The normalized spacial score (nSPS) is 15.1. The first-order valence-corrected chi connectivity index (χ1v) is 10.5. The van der Waals surface area contributed by atoms with Gasteiger partial charge in [-0.05, 0) is 17.9 Å². The lowest BCUT2D eigenvalue weighted by molar-refractivity contribution is -0.124. The third-order valence-corrected chi connectivity index (χ3v) is 5.28. The maximum absolute atomic E-state index is 10.5. The lowest BCUT2D eigenvalue weighted by atomic mass is 9.80. The van der Waals surface area contributed by atoms with Crippen LogP contribution in [-0.2, 0) is 4.79 Å². The fourth-order valence-corrected chi connectivity index (χ4v) is 3.64. The molecule has 1 heterocycles. The summed E-state index contributed by atoms with van der Waals surface area (Å²) < 4.78 is 0. The van der Waals surface area contributed by atoms with E-state index in [2.05, 4.69) is 51.1 Å².